The van der Waals surface area contributed by atoms with E-state index >= 15 is 0 Å². The molecule has 0 aliphatic carbocycles. The van der Waals surface area contributed by atoms with Crippen molar-refractivity contribution in [1.29, 1.82) is 0 Å². The summed E-state index contributed by atoms with van der Waals surface area (Å²) >= 11 is 11.8. The number of nitro benzene ring substituents is 1. The third-order valence-electron chi connectivity index (χ3n) is 2.46. The van der Waals surface area contributed by atoms with Gasteiger partial charge in [0.15, 0.2) is 0 Å². The van der Waals surface area contributed by atoms with Crippen molar-refractivity contribution < 1.29 is 14.5 Å². The van der Waals surface area contributed by atoms with E-state index in [1.54, 1.807) is 19.9 Å². The van der Waals surface area contributed by atoms with E-state index in [-0.39, 0.29) is 35.3 Å². The predicted molar refractivity (Wildman–Crippen MR) is 81.3 cm³/mol. The molecule has 1 amide bonds. The first-order chi connectivity index (χ1) is 9.81. The van der Waals surface area contributed by atoms with Crippen LogP contribution >= 0.6 is 23.2 Å². The van der Waals surface area contributed by atoms with Crippen molar-refractivity contribution >= 4 is 35.0 Å². The van der Waals surface area contributed by atoms with E-state index in [1.807, 2.05) is 0 Å². The highest BCUT2D eigenvalue weighted by molar-refractivity contribution is 6.21. The van der Waals surface area contributed by atoms with Crippen LogP contribution in [0, 0.1) is 10.1 Å². The molecule has 1 aromatic carbocycles. The van der Waals surface area contributed by atoms with Gasteiger partial charge in [0.2, 0.25) is 5.75 Å². The molecule has 1 aromatic rings. The Morgan fingerprint density at radius 3 is 2.29 bits per heavy atom. The fourth-order valence-corrected chi connectivity index (χ4v) is 2.02. The number of ether oxygens (including phenoxy) is 1. The molecular formula is C13H16Cl2N2O4. The molecule has 0 bridgehead atoms. The monoisotopic (exact) mass is 334 g/mol. The molecular weight excluding hydrogens is 319 g/mol. The largest absolute Gasteiger partial charge is 0.415 e. The minimum atomic E-state index is -0.718. The summed E-state index contributed by atoms with van der Waals surface area (Å²) in [5.74, 6) is -0.109. The van der Waals surface area contributed by atoms with E-state index in [9.17, 15) is 14.9 Å². The van der Waals surface area contributed by atoms with Crippen molar-refractivity contribution in [2.75, 3.05) is 13.1 Å². The molecule has 116 valence electrons. The van der Waals surface area contributed by atoms with Gasteiger partial charge in [0.25, 0.3) is 0 Å². The first-order valence-electron chi connectivity index (χ1n) is 6.29. The van der Waals surface area contributed by atoms with Gasteiger partial charge in [0, 0.05) is 29.9 Å². The third kappa shape index (κ3) is 5.77. The van der Waals surface area contributed by atoms with Crippen molar-refractivity contribution in [2.24, 2.45) is 0 Å². The van der Waals surface area contributed by atoms with Gasteiger partial charge < -0.3 is 9.64 Å². The van der Waals surface area contributed by atoms with Gasteiger partial charge in [-0.1, -0.05) is 12.1 Å². The Morgan fingerprint density at radius 2 is 1.81 bits per heavy atom. The fraction of sp³-hybridized carbons (Fsp3) is 0.462. The highest BCUT2D eigenvalue weighted by Crippen LogP contribution is 2.26. The van der Waals surface area contributed by atoms with E-state index in [0.717, 1.165) is 0 Å². The van der Waals surface area contributed by atoms with Gasteiger partial charge in [0.05, 0.1) is 4.92 Å². The first kappa shape index (κ1) is 17.5. The van der Waals surface area contributed by atoms with Gasteiger partial charge in [-0.25, -0.2) is 4.79 Å². The molecule has 21 heavy (non-hydrogen) atoms. The minimum absolute atomic E-state index is 0.109. The standard InChI is InChI=1S/C13H16Cl2N2O4/c1-9(14)7-16(8-10(2)15)13(18)21-12-6-4-3-5-11(12)17(19)20/h3-6,9-10H,7-8H2,1-2H3/t9-,10+. The Hall–Kier alpha value is -1.53. The average molecular weight is 335 g/mol. The quantitative estimate of drug-likeness (QED) is 0.452. The van der Waals surface area contributed by atoms with Gasteiger partial charge in [-0.05, 0) is 19.9 Å². The zero-order valence-electron chi connectivity index (χ0n) is 11.7. The molecule has 0 aliphatic heterocycles. The molecule has 0 heterocycles. The summed E-state index contributed by atoms with van der Waals surface area (Å²) in [7, 11) is 0. The van der Waals surface area contributed by atoms with Crippen LogP contribution in [0.4, 0.5) is 10.5 Å². The number of carbonyl (C=O) groups excluding carboxylic acids is 1. The summed E-state index contributed by atoms with van der Waals surface area (Å²) in [5.41, 5.74) is -0.274. The summed E-state index contributed by atoms with van der Waals surface area (Å²) in [6, 6.07) is 5.67. The van der Waals surface area contributed by atoms with Crippen LogP contribution < -0.4 is 4.74 Å². The average Bonchev–Trinajstić information content (AvgIpc) is 2.37. The summed E-state index contributed by atoms with van der Waals surface area (Å²) in [6.07, 6.45) is -0.718. The van der Waals surface area contributed by atoms with Crippen LogP contribution in [0.3, 0.4) is 0 Å². The number of nitrogens with zero attached hydrogens (tertiary/aromatic N) is 2. The second-order valence-corrected chi connectivity index (χ2v) is 6.05. The van der Waals surface area contributed by atoms with Gasteiger partial charge >= 0.3 is 11.8 Å². The van der Waals surface area contributed by atoms with Crippen molar-refractivity contribution in [3.05, 3.63) is 34.4 Å². The molecule has 0 aromatic heterocycles. The number of alkyl halides is 2. The highest BCUT2D eigenvalue weighted by Gasteiger charge is 2.23. The van der Waals surface area contributed by atoms with E-state index in [2.05, 4.69) is 0 Å². The van der Waals surface area contributed by atoms with Crippen LogP contribution in [-0.2, 0) is 0 Å². The van der Waals surface area contributed by atoms with Crippen LogP contribution in [0.5, 0.6) is 5.75 Å². The zero-order valence-corrected chi connectivity index (χ0v) is 13.2. The molecule has 8 heteroatoms. The molecule has 0 fully saturated rings. The number of para-hydroxylation sites is 2. The topological polar surface area (TPSA) is 72.7 Å². The molecule has 0 N–H and O–H groups in total. The second-order valence-electron chi connectivity index (χ2n) is 4.56. The lowest BCUT2D eigenvalue weighted by molar-refractivity contribution is -0.385. The second kappa shape index (κ2) is 8.05. The Bertz CT molecular complexity index is 499. The van der Waals surface area contributed by atoms with Crippen LogP contribution in [0.2, 0.25) is 0 Å². The van der Waals surface area contributed by atoms with Crippen molar-refractivity contribution in [3.63, 3.8) is 0 Å². The van der Waals surface area contributed by atoms with Crippen LogP contribution in [0.1, 0.15) is 13.8 Å². The van der Waals surface area contributed by atoms with Crippen molar-refractivity contribution in [3.8, 4) is 5.75 Å². The third-order valence-corrected chi connectivity index (χ3v) is 2.74. The summed E-state index contributed by atoms with van der Waals surface area (Å²) < 4.78 is 5.10. The lowest BCUT2D eigenvalue weighted by atomic mass is 10.3. The van der Waals surface area contributed by atoms with E-state index < -0.39 is 11.0 Å². The summed E-state index contributed by atoms with van der Waals surface area (Å²) in [5, 5.41) is 10.3. The minimum Gasteiger partial charge on any atom is -0.403 e. The van der Waals surface area contributed by atoms with E-state index in [0.29, 0.717) is 0 Å². The number of benzene rings is 1. The molecule has 1 rings (SSSR count). The number of halogens is 2. The van der Waals surface area contributed by atoms with Gasteiger partial charge in [0.1, 0.15) is 0 Å². The predicted octanol–water partition coefficient (Wildman–Crippen LogP) is 3.65. The molecule has 6 nitrogen and oxygen atoms in total. The van der Waals surface area contributed by atoms with Crippen LogP contribution in [0.15, 0.2) is 24.3 Å². The van der Waals surface area contributed by atoms with E-state index in [4.69, 9.17) is 27.9 Å². The van der Waals surface area contributed by atoms with Crippen LogP contribution in [-0.4, -0.2) is 39.8 Å². The van der Waals surface area contributed by atoms with Crippen molar-refractivity contribution in [2.45, 2.75) is 24.6 Å². The molecule has 0 spiro atoms. The normalized spacial score (nSPS) is 13.3. The zero-order chi connectivity index (χ0) is 16.0. The van der Waals surface area contributed by atoms with E-state index in [1.165, 1.54) is 23.1 Å². The Morgan fingerprint density at radius 1 is 1.29 bits per heavy atom. The Kier molecular flexibility index (Phi) is 6.71. The number of nitro groups is 1. The lowest BCUT2D eigenvalue weighted by Crippen LogP contribution is -2.40. The summed E-state index contributed by atoms with van der Waals surface area (Å²) in [6.45, 7) is 3.92. The number of amides is 1. The maximum atomic E-state index is 12.1. The molecule has 0 unspecified atom stereocenters. The first-order valence-corrected chi connectivity index (χ1v) is 7.17. The number of rotatable bonds is 6. The number of hydrogen-bond acceptors (Lipinski definition) is 4. The molecule has 0 aliphatic rings. The smallest absolute Gasteiger partial charge is 0.403 e. The lowest BCUT2D eigenvalue weighted by Gasteiger charge is -2.24. The van der Waals surface area contributed by atoms with Gasteiger partial charge in [-0.15, -0.1) is 23.2 Å². The summed E-state index contributed by atoms with van der Waals surface area (Å²) in [4.78, 5) is 23.7. The molecule has 0 saturated carbocycles. The molecule has 0 saturated heterocycles. The number of hydrogen-bond donors (Lipinski definition) is 0. The Balaban J connectivity index is 2.88. The van der Waals surface area contributed by atoms with Crippen LogP contribution in [0.25, 0.3) is 0 Å². The van der Waals surface area contributed by atoms with Gasteiger partial charge in [-0.2, -0.15) is 0 Å². The van der Waals surface area contributed by atoms with Crippen molar-refractivity contribution in [1.82, 2.24) is 4.90 Å². The Labute approximate surface area is 132 Å². The maximum Gasteiger partial charge on any atom is 0.415 e. The molecule has 2 atom stereocenters. The SMILES string of the molecule is C[C@H](Cl)CN(C[C@@H](C)Cl)C(=O)Oc1ccccc1[N+](=O)[O-]. The fourth-order valence-electron chi connectivity index (χ4n) is 1.68. The number of carbonyl (C=O) groups is 1. The van der Waals surface area contributed by atoms with Gasteiger partial charge in [-0.3, -0.25) is 10.1 Å². The maximum absolute atomic E-state index is 12.1. The molecule has 0 radical (unpaired) electrons. The highest BCUT2D eigenvalue weighted by atomic mass is 35.5.